The van der Waals surface area contributed by atoms with Gasteiger partial charge in [0.25, 0.3) is 0 Å². The van der Waals surface area contributed by atoms with Crippen molar-refractivity contribution in [2.45, 2.75) is 6.54 Å². The number of fused-ring (bicyclic) bond motifs is 1. The Morgan fingerprint density at radius 1 is 1.11 bits per heavy atom. The maximum absolute atomic E-state index is 12.6. The fraction of sp³-hybridized carbons (Fsp3) is 0.316. The Morgan fingerprint density at radius 2 is 1.85 bits per heavy atom. The van der Waals surface area contributed by atoms with Crippen LogP contribution in [0, 0.1) is 10.1 Å². The van der Waals surface area contributed by atoms with Gasteiger partial charge in [-0.1, -0.05) is 24.3 Å². The SMILES string of the molecule is Cn1c(=O)c([N+](=O)[O-])c(N2CCN(Cc3cccs3)CC2)c2ccccc21. The molecule has 0 spiro atoms. The van der Waals surface area contributed by atoms with Crippen molar-refractivity contribution in [3.05, 3.63) is 67.1 Å². The average molecular weight is 384 g/mol. The van der Waals surface area contributed by atoms with E-state index in [1.165, 1.54) is 9.44 Å². The molecule has 0 radical (unpaired) electrons. The third kappa shape index (κ3) is 3.22. The van der Waals surface area contributed by atoms with Crippen molar-refractivity contribution in [3.8, 4) is 0 Å². The lowest BCUT2D eigenvalue weighted by Gasteiger charge is -2.36. The normalized spacial score (nSPS) is 15.4. The molecule has 140 valence electrons. The van der Waals surface area contributed by atoms with Gasteiger partial charge in [-0.3, -0.25) is 19.8 Å². The Kier molecular flexibility index (Phi) is 4.67. The number of thiophene rings is 1. The number of hydrogen-bond acceptors (Lipinski definition) is 6. The second kappa shape index (κ2) is 7.13. The first-order valence-electron chi connectivity index (χ1n) is 8.82. The minimum absolute atomic E-state index is 0.331. The number of nitro groups is 1. The van der Waals surface area contributed by atoms with Crippen LogP contribution in [0.15, 0.2) is 46.6 Å². The lowest BCUT2D eigenvalue weighted by molar-refractivity contribution is -0.385. The average Bonchev–Trinajstić information content (AvgIpc) is 3.18. The summed E-state index contributed by atoms with van der Waals surface area (Å²) in [4.78, 5) is 29.5. The van der Waals surface area contributed by atoms with Crippen LogP contribution in [-0.2, 0) is 13.6 Å². The van der Waals surface area contributed by atoms with Gasteiger partial charge in [0.05, 0.1) is 10.4 Å². The summed E-state index contributed by atoms with van der Waals surface area (Å²) in [5, 5.41) is 14.5. The molecule has 27 heavy (non-hydrogen) atoms. The van der Waals surface area contributed by atoms with Crippen LogP contribution in [0.2, 0.25) is 0 Å². The number of aromatic nitrogens is 1. The zero-order chi connectivity index (χ0) is 19.0. The number of pyridine rings is 1. The Bertz CT molecular complexity index is 1040. The summed E-state index contributed by atoms with van der Waals surface area (Å²) in [7, 11) is 1.58. The monoisotopic (exact) mass is 384 g/mol. The number of rotatable bonds is 4. The minimum Gasteiger partial charge on any atom is -0.363 e. The van der Waals surface area contributed by atoms with Crippen LogP contribution in [0.3, 0.4) is 0 Å². The van der Waals surface area contributed by atoms with E-state index >= 15 is 0 Å². The number of piperazine rings is 1. The van der Waals surface area contributed by atoms with Gasteiger partial charge in [0.15, 0.2) is 0 Å². The molecule has 0 atom stereocenters. The van der Waals surface area contributed by atoms with Crippen LogP contribution in [0.25, 0.3) is 10.9 Å². The van der Waals surface area contributed by atoms with Gasteiger partial charge in [0, 0.05) is 50.0 Å². The maximum Gasteiger partial charge on any atom is 0.357 e. The van der Waals surface area contributed by atoms with E-state index in [0.717, 1.165) is 25.0 Å². The minimum atomic E-state index is -0.560. The predicted molar refractivity (Wildman–Crippen MR) is 108 cm³/mol. The van der Waals surface area contributed by atoms with E-state index < -0.39 is 10.5 Å². The van der Waals surface area contributed by atoms with Crippen LogP contribution in [0.1, 0.15) is 4.88 Å². The largest absolute Gasteiger partial charge is 0.363 e. The molecule has 0 saturated carbocycles. The van der Waals surface area contributed by atoms with Crippen molar-refractivity contribution < 1.29 is 4.92 Å². The molecule has 0 amide bonds. The molecule has 1 saturated heterocycles. The summed E-state index contributed by atoms with van der Waals surface area (Å²) in [6, 6.07) is 11.6. The molecular weight excluding hydrogens is 364 g/mol. The molecule has 4 rings (SSSR count). The molecule has 0 bridgehead atoms. The highest BCUT2D eigenvalue weighted by atomic mass is 32.1. The fourth-order valence-electron chi connectivity index (χ4n) is 3.70. The molecule has 1 aromatic carbocycles. The Balaban J connectivity index is 1.69. The van der Waals surface area contributed by atoms with Crippen molar-refractivity contribution in [2.75, 3.05) is 31.1 Å². The molecule has 3 heterocycles. The molecule has 0 N–H and O–H groups in total. The molecule has 3 aromatic rings. The van der Waals surface area contributed by atoms with Crippen molar-refractivity contribution >= 4 is 33.6 Å². The predicted octanol–water partition coefficient (Wildman–Crippen LogP) is 2.83. The van der Waals surface area contributed by atoms with Gasteiger partial charge < -0.3 is 9.47 Å². The first-order valence-corrected chi connectivity index (χ1v) is 9.70. The summed E-state index contributed by atoms with van der Waals surface area (Å²) in [6.07, 6.45) is 0. The number of nitrogens with zero attached hydrogens (tertiary/aromatic N) is 4. The fourth-order valence-corrected chi connectivity index (χ4v) is 4.45. The van der Waals surface area contributed by atoms with Gasteiger partial charge >= 0.3 is 11.2 Å². The molecule has 2 aromatic heterocycles. The number of hydrogen-bond donors (Lipinski definition) is 0. The molecule has 1 fully saturated rings. The Hall–Kier alpha value is -2.71. The summed E-state index contributed by atoms with van der Waals surface area (Å²) >= 11 is 1.74. The van der Waals surface area contributed by atoms with Gasteiger partial charge in [-0.15, -0.1) is 11.3 Å². The zero-order valence-corrected chi connectivity index (χ0v) is 15.8. The third-order valence-corrected chi connectivity index (χ3v) is 5.94. The Morgan fingerprint density at radius 3 is 2.52 bits per heavy atom. The van der Waals surface area contributed by atoms with Crippen molar-refractivity contribution in [1.82, 2.24) is 9.47 Å². The van der Waals surface area contributed by atoms with Crippen LogP contribution in [-0.4, -0.2) is 40.6 Å². The molecule has 8 heteroatoms. The van der Waals surface area contributed by atoms with Gasteiger partial charge in [-0.2, -0.15) is 0 Å². The van der Waals surface area contributed by atoms with E-state index in [1.807, 2.05) is 35.2 Å². The van der Waals surface area contributed by atoms with Gasteiger partial charge in [0.1, 0.15) is 5.69 Å². The van der Waals surface area contributed by atoms with Crippen LogP contribution in [0.5, 0.6) is 0 Å². The lowest BCUT2D eigenvalue weighted by Crippen LogP contribution is -2.46. The first kappa shape index (κ1) is 17.7. The molecule has 1 aliphatic rings. The highest BCUT2D eigenvalue weighted by Crippen LogP contribution is 2.34. The van der Waals surface area contributed by atoms with Crippen LogP contribution in [0.4, 0.5) is 11.4 Å². The summed E-state index contributed by atoms with van der Waals surface area (Å²) in [5.74, 6) is 0. The molecule has 1 aliphatic heterocycles. The third-order valence-electron chi connectivity index (χ3n) is 5.08. The van der Waals surface area contributed by atoms with Crippen LogP contribution >= 0.6 is 11.3 Å². The van der Waals surface area contributed by atoms with E-state index in [-0.39, 0.29) is 5.69 Å². The standard InChI is InChI=1S/C19H20N4O3S/c1-20-16-7-3-2-6-15(16)17(18(19(20)24)23(25)26)22-10-8-21(9-11-22)13-14-5-4-12-27-14/h2-7,12H,8-11,13H2,1H3. The van der Waals surface area contributed by atoms with E-state index in [1.54, 1.807) is 18.4 Å². The number of para-hydroxylation sites is 1. The van der Waals surface area contributed by atoms with Crippen molar-refractivity contribution in [3.63, 3.8) is 0 Å². The van der Waals surface area contributed by atoms with Crippen LogP contribution < -0.4 is 10.5 Å². The smallest absolute Gasteiger partial charge is 0.357 e. The van der Waals surface area contributed by atoms with Crippen molar-refractivity contribution in [1.29, 1.82) is 0 Å². The second-order valence-electron chi connectivity index (χ2n) is 6.68. The topological polar surface area (TPSA) is 71.6 Å². The quantitative estimate of drug-likeness (QED) is 0.511. The first-order chi connectivity index (χ1) is 13.1. The van der Waals surface area contributed by atoms with E-state index in [9.17, 15) is 14.9 Å². The molecule has 7 nitrogen and oxygen atoms in total. The molecule has 0 unspecified atom stereocenters. The number of benzene rings is 1. The maximum atomic E-state index is 12.6. The van der Waals surface area contributed by atoms with Gasteiger partial charge in [-0.05, 0) is 17.5 Å². The highest BCUT2D eigenvalue weighted by Gasteiger charge is 2.30. The van der Waals surface area contributed by atoms with Gasteiger partial charge in [-0.25, -0.2) is 0 Å². The van der Waals surface area contributed by atoms with E-state index in [4.69, 9.17) is 0 Å². The van der Waals surface area contributed by atoms with Gasteiger partial charge in [0.2, 0.25) is 0 Å². The number of aryl methyl sites for hydroxylation is 1. The summed E-state index contributed by atoms with van der Waals surface area (Å²) in [6.45, 7) is 3.81. The molecular formula is C19H20N4O3S. The number of anilines is 1. The van der Waals surface area contributed by atoms with E-state index in [0.29, 0.717) is 24.3 Å². The Labute approximate surface area is 160 Å². The van der Waals surface area contributed by atoms with Crippen molar-refractivity contribution in [2.24, 2.45) is 7.05 Å². The highest BCUT2D eigenvalue weighted by molar-refractivity contribution is 7.09. The second-order valence-corrected chi connectivity index (χ2v) is 7.71. The lowest BCUT2D eigenvalue weighted by atomic mass is 10.1. The summed E-state index contributed by atoms with van der Waals surface area (Å²) in [5.41, 5.74) is 0.274. The zero-order valence-electron chi connectivity index (χ0n) is 15.0. The summed E-state index contributed by atoms with van der Waals surface area (Å²) < 4.78 is 1.37. The molecule has 0 aliphatic carbocycles. The van der Waals surface area contributed by atoms with E-state index in [2.05, 4.69) is 16.3 Å².